The van der Waals surface area contributed by atoms with Gasteiger partial charge in [-0.3, -0.25) is 9.59 Å². The van der Waals surface area contributed by atoms with Crippen molar-refractivity contribution in [3.8, 4) is 0 Å². The number of carbonyl (C=O) groups excluding carboxylic acids is 2. The van der Waals surface area contributed by atoms with Gasteiger partial charge in [0.1, 0.15) is 0 Å². The Hall–Kier alpha value is -2.57. The number of Topliss-reactive ketones (excluding diaryl/α,β-unsaturated/α-hetero) is 1. The molecule has 0 saturated heterocycles. The van der Waals surface area contributed by atoms with Crippen LogP contribution in [0.2, 0.25) is 0 Å². The molecular weight excluding hydrogens is 418 g/mol. The normalized spacial score (nSPS) is 11.7. The molecule has 2 aromatic heterocycles. The van der Waals surface area contributed by atoms with E-state index < -0.39 is 11.7 Å². The fraction of sp³-hybridized carbons (Fsp3) is 0.261. The Bertz CT molecular complexity index is 1060. The minimum Gasteiger partial charge on any atom is -0.338 e. The maximum absolute atomic E-state index is 12.9. The Kier molecular flexibility index (Phi) is 8.69. The molecule has 0 fully saturated rings. The van der Waals surface area contributed by atoms with Gasteiger partial charge < -0.3 is 9.72 Å². The predicted octanol–water partition coefficient (Wildman–Crippen LogP) is 5.43. The van der Waals surface area contributed by atoms with Gasteiger partial charge in [0.15, 0.2) is 0 Å². The van der Waals surface area contributed by atoms with Crippen molar-refractivity contribution < 1.29 is 9.59 Å². The maximum Gasteiger partial charge on any atom is 0.293 e. The average Bonchev–Trinajstić information content (AvgIpc) is 3.07. The fourth-order valence-electron chi connectivity index (χ4n) is 2.94. The van der Waals surface area contributed by atoms with Crippen molar-refractivity contribution in [2.24, 2.45) is 4.40 Å². The van der Waals surface area contributed by atoms with Crippen molar-refractivity contribution in [1.82, 2.24) is 9.72 Å². The third-order valence-electron chi connectivity index (χ3n) is 4.30. The van der Waals surface area contributed by atoms with Crippen molar-refractivity contribution in [1.29, 1.82) is 0 Å². The van der Waals surface area contributed by atoms with E-state index in [1.165, 1.54) is 11.9 Å². The van der Waals surface area contributed by atoms with Crippen LogP contribution in [0.5, 0.6) is 0 Å². The minimum atomic E-state index is -0.640. The third-order valence-corrected chi connectivity index (χ3v) is 5.19. The van der Waals surface area contributed by atoms with Crippen LogP contribution in [-0.2, 0) is 11.2 Å². The summed E-state index contributed by atoms with van der Waals surface area (Å²) in [6.45, 7) is 11.3. The van der Waals surface area contributed by atoms with Crippen molar-refractivity contribution in [2.75, 3.05) is 5.88 Å². The Morgan fingerprint density at radius 3 is 2.70 bits per heavy atom. The number of nitrogens with one attached hydrogen (secondary N) is 1. The van der Waals surface area contributed by atoms with Crippen LogP contribution in [0.4, 0.5) is 0 Å². The lowest BCUT2D eigenvalue weighted by Crippen LogP contribution is -2.30. The van der Waals surface area contributed by atoms with E-state index in [-0.39, 0.29) is 5.88 Å². The molecule has 1 amide bonds. The topological polar surface area (TPSA) is 62.9 Å². The number of allylic oxidation sites excluding steroid dienone is 5. The number of fused-ring (bicyclic) bond motifs is 1. The number of aromatic nitrogens is 1. The zero-order chi connectivity index (χ0) is 22.3. The first-order valence-electron chi connectivity index (χ1n) is 9.47. The Labute approximate surface area is 186 Å². The minimum absolute atomic E-state index is 0.239. The summed E-state index contributed by atoms with van der Waals surface area (Å²) >= 11 is 7.03. The summed E-state index contributed by atoms with van der Waals surface area (Å²) in [5.41, 5.74) is 4.87. The monoisotopic (exact) mass is 443 g/mol. The summed E-state index contributed by atoms with van der Waals surface area (Å²) in [6.07, 6.45) is 8.09. The van der Waals surface area contributed by atoms with Crippen molar-refractivity contribution in [3.05, 3.63) is 76.6 Å². The lowest BCUT2D eigenvalue weighted by molar-refractivity contribution is -0.116. The zero-order valence-corrected chi connectivity index (χ0v) is 19.2. The number of ketones is 1. The van der Waals surface area contributed by atoms with Crippen molar-refractivity contribution in [3.63, 3.8) is 0 Å². The van der Waals surface area contributed by atoms with E-state index in [0.29, 0.717) is 17.0 Å². The van der Waals surface area contributed by atoms with E-state index in [0.717, 1.165) is 28.1 Å². The molecule has 0 aliphatic heterocycles. The van der Waals surface area contributed by atoms with Gasteiger partial charge >= 0.3 is 0 Å². The summed E-state index contributed by atoms with van der Waals surface area (Å²) in [5, 5.41) is 3.07. The first-order chi connectivity index (χ1) is 14.2. The molecule has 0 bridgehead atoms. The van der Waals surface area contributed by atoms with Crippen LogP contribution < -0.4 is 5.32 Å². The molecule has 0 saturated carbocycles. The second-order valence-corrected chi connectivity index (χ2v) is 8.14. The van der Waals surface area contributed by atoms with Crippen molar-refractivity contribution >= 4 is 46.5 Å². The Morgan fingerprint density at radius 1 is 1.33 bits per heavy atom. The summed E-state index contributed by atoms with van der Waals surface area (Å²) in [5.74, 6) is -0.959. The van der Waals surface area contributed by atoms with Crippen LogP contribution in [0.15, 0.2) is 64.2 Å². The van der Waals surface area contributed by atoms with Crippen LogP contribution in [0, 0.1) is 6.92 Å². The molecular formula is C23H26ClN3O2S. The number of rotatable bonds is 9. The van der Waals surface area contributed by atoms with E-state index in [9.17, 15) is 9.59 Å². The molecule has 1 N–H and O–H groups in total. The molecule has 0 unspecified atom stereocenters. The van der Waals surface area contributed by atoms with Gasteiger partial charge in [0, 0.05) is 29.1 Å². The molecule has 158 valence electrons. The highest BCUT2D eigenvalue weighted by Crippen LogP contribution is 2.24. The molecule has 30 heavy (non-hydrogen) atoms. The molecule has 0 aliphatic rings. The quantitative estimate of drug-likeness (QED) is 0.107. The molecule has 7 heteroatoms. The summed E-state index contributed by atoms with van der Waals surface area (Å²) < 4.78 is 6.10. The molecule has 0 radical (unpaired) electrons. The van der Waals surface area contributed by atoms with Gasteiger partial charge in [-0.15, -0.1) is 0 Å². The number of hydrogen-bond acceptors (Lipinski definition) is 4. The molecule has 2 rings (SSSR count). The molecule has 0 spiro atoms. The number of nitrogens with zero attached hydrogens (tertiary/aromatic N) is 2. The molecule has 5 nitrogen and oxygen atoms in total. The number of hydrogen-bond donors (Lipinski definition) is 1. The van der Waals surface area contributed by atoms with Crippen LogP contribution in [0.1, 0.15) is 42.4 Å². The number of pyridine rings is 1. The number of amides is 1. The van der Waals surface area contributed by atoms with Crippen LogP contribution in [-0.4, -0.2) is 27.7 Å². The van der Waals surface area contributed by atoms with E-state index in [1.54, 1.807) is 12.1 Å². The highest BCUT2D eigenvalue weighted by Gasteiger charge is 2.22. The van der Waals surface area contributed by atoms with Crippen LogP contribution in [0.25, 0.3) is 5.52 Å². The van der Waals surface area contributed by atoms with Gasteiger partial charge in [0.2, 0.25) is 0 Å². The van der Waals surface area contributed by atoms with Gasteiger partial charge in [0.25, 0.3) is 11.7 Å². The van der Waals surface area contributed by atoms with E-state index in [1.807, 2.05) is 62.6 Å². The van der Waals surface area contributed by atoms with Gasteiger partial charge in [0.05, 0.1) is 17.0 Å². The van der Waals surface area contributed by atoms with Crippen molar-refractivity contribution in [2.45, 2.75) is 34.1 Å². The Morgan fingerprint density at radius 2 is 2.07 bits per heavy atom. The second kappa shape index (κ2) is 11.0. The summed E-state index contributed by atoms with van der Waals surface area (Å²) in [7, 11) is 0. The first-order valence-corrected chi connectivity index (χ1v) is 10.8. The molecule has 2 heterocycles. The van der Waals surface area contributed by atoms with Crippen LogP contribution in [0.3, 0.4) is 0 Å². The SMILES string of the molecule is C=C(Cl)/C=C\C(=C/C)Cc1cc(C(=O)C(=O)NCSN=C(C)C)c2c(C)cccn12. The summed E-state index contributed by atoms with van der Waals surface area (Å²) in [6, 6.07) is 5.64. The van der Waals surface area contributed by atoms with E-state index in [2.05, 4.69) is 16.3 Å². The standard InChI is InChI=1S/C23H26ClN3O2S/c1-6-18(10-9-17(5)24)12-19-13-20(21-16(4)8-7-11-27(19)21)22(28)23(29)25-14-30-26-15(2)3/h6-11,13H,5,12,14H2,1-4H3,(H,25,29)/b10-9-,18-6+. The molecule has 0 aliphatic carbocycles. The van der Waals surface area contributed by atoms with Gasteiger partial charge in [-0.25, -0.2) is 4.40 Å². The molecule has 2 aromatic rings. The largest absolute Gasteiger partial charge is 0.338 e. The Balaban J connectivity index is 2.35. The second-order valence-electron chi connectivity index (χ2n) is 6.93. The van der Waals surface area contributed by atoms with E-state index >= 15 is 0 Å². The van der Waals surface area contributed by atoms with Gasteiger partial charge in [-0.1, -0.05) is 36.4 Å². The third kappa shape index (κ3) is 6.21. The van der Waals surface area contributed by atoms with Gasteiger partial charge in [-0.2, -0.15) is 0 Å². The highest BCUT2D eigenvalue weighted by molar-refractivity contribution is 7.98. The average molecular weight is 444 g/mol. The molecule has 0 atom stereocenters. The summed E-state index contributed by atoms with van der Waals surface area (Å²) in [4.78, 5) is 25.3. The lowest BCUT2D eigenvalue weighted by Gasteiger charge is -2.06. The lowest BCUT2D eigenvalue weighted by atomic mass is 10.1. The highest BCUT2D eigenvalue weighted by atomic mass is 35.5. The number of carbonyl (C=O) groups is 2. The van der Waals surface area contributed by atoms with Crippen LogP contribution >= 0.6 is 23.5 Å². The van der Waals surface area contributed by atoms with E-state index in [4.69, 9.17) is 11.6 Å². The van der Waals surface area contributed by atoms with Gasteiger partial charge in [-0.05, 0) is 69.0 Å². The molecule has 0 aromatic carbocycles. The zero-order valence-electron chi connectivity index (χ0n) is 17.7. The first kappa shape index (κ1) is 23.7. The number of aryl methyl sites for hydroxylation is 1. The predicted molar refractivity (Wildman–Crippen MR) is 127 cm³/mol. The number of halogens is 1. The smallest absolute Gasteiger partial charge is 0.293 e. The maximum atomic E-state index is 12.9. The fourth-order valence-corrected chi connectivity index (χ4v) is 3.52.